The second-order valence-corrected chi connectivity index (χ2v) is 7.68. The first-order chi connectivity index (χ1) is 17.5. The standard InChI is InChI=1S/C24H21F2N5O5/c1-3-14-12-15(4-5-16(14)24(32)36-31-34-10-11-35-31)29-22-23-28-13-18(30(23)9-8-27-22)17-6-7-19(33-2)21(26)20(17)25/h4-9,12-13H,3,10-11H2,1-2H3,(H,27,29). The van der Waals surface area contributed by atoms with Gasteiger partial charge in [0, 0.05) is 23.6 Å². The highest BCUT2D eigenvalue weighted by Crippen LogP contribution is 2.31. The van der Waals surface area contributed by atoms with Crippen molar-refractivity contribution in [2.75, 3.05) is 25.6 Å². The molecule has 186 valence electrons. The van der Waals surface area contributed by atoms with E-state index in [2.05, 4.69) is 15.3 Å². The smallest absolute Gasteiger partial charge is 0.362 e. The Morgan fingerprint density at radius 1 is 1.14 bits per heavy atom. The van der Waals surface area contributed by atoms with Crippen LogP contribution in [0.1, 0.15) is 22.8 Å². The Morgan fingerprint density at radius 2 is 1.94 bits per heavy atom. The SMILES string of the molecule is CCc1cc(Nc2nccn3c(-c4ccc(OC)c(F)c4F)cnc23)ccc1C(=O)ON1OCCO1. The van der Waals surface area contributed by atoms with Crippen LogP contribution in [0.5, 0.6) is 5.75 Å². The van der Waals surface area contributed by atoms with Crippen LogP contribution in [0.25, 0.3) is 16.9 Å². The first-order valence-electron chi connectivity index (χ1n) is 11.0. The number of carbonyl (C=O) groups excluding carboxylic acids is 1. The molecule has 0 radical (unpaired) electrons. The zero-order chi connectivity index (χ0) is 25.2. The summed E-state index contributed by atoms with van der Waals surface area (Å²) < 4.78 is 35.5. The second-order valence-electron chi connectivity index (χ2n) is 7.68. The van der Waals surface area contributed by atoms with Crippen molar-refractivity contribution in [3.05, 3.63) is 71.7 Å². The van der Waals surface area contributed by atoms with E-state index >= 15 is 0 Å². The zero-order valence-corrected chi connectivity index (χ0v) is 19.3. The molecular weight excluding hydrogens is 476 g/mol. The summed E-state index contributed by atoms with van der Waals surface area (Å²) in [6, 6.07) is 7.88. The van der Waals surface area contributed by atoms with Crippen LogP contribution < -0.4 is 10.1 Å². The largest absolute Gasteiger partial charge is 0.494 e. The van der Waals surface area contributed by atoms with Gasteiger partial charge >= 0.3 is 5.97 Å². The number of imidazole rings is 1. The number of halogens is 2. The van der Waals surface area contributed by atoms with Crippen LogP contribution in [0.4, 0.5) is 20.3 Å². The summed E-state index contributed by atoms with van der Waals surface area (Å²) in [5.41, 5.74) is 2.48. The molecule has 0 saturated carbocycles. The number of ether oxygens (including phenoxy) is 1. The lowest BCUT2D eigenvalue weighted by molar-refractivity contribution is -0.455. The molecule has 2 aromatic heterocycles. The van der Waals surface area contributed by atoms with Gasteiger partial charge in [-0.1, -0.05) is 6.92 Å². The number of carbonyl (C=O) groups is 1. The summed E-state index contributed by atoms with van der Waals surface area (Å²) in [7, 11) is 1.27. The molecule has 0 amide bonds. The second kappa shape index (κ2) is 9.85. The van der Waals surface area contributed by atoms with Gasteiger partial charge in [-0.05, 0) is 42.3 Å². The number of hydrogen-bond acceptors (Lipinski definition) is 9. The molecule has 1 saturated heterocycles. The van der Waals surface area contributed by atoms with E-state index in [0.717, 1.165) is 5.56 Å². The van der Waals surface area contributed by atoms with Crippen LogP contribution in [0.2, 0.25) is 0 Å². The normalized spacial score (nSPS) is 13.8. The van der Waals surface area contributed by atoms with E-state index in [-0.39, 0.29) is 11.3 Å². The molecule has 1 aliphatic heterocycles. The molecule has 1 fully saturated rings. The number of aryl methyl sites for hydroxylation is 1. The Labute approximate surface area is 203 Å². The quantitative estimate of drug-likeness (QED) is 0.402. The molecule has 0 spiro atoms. The van der Waals surface area contributed by atoms with Crippen molar-refractivity contribution in [1.82, 2.24) is 19.8 Å². The first kappa shape index (κ1) is 23.6. The van der Waals surface area contributed by atoms with Crippen molar-refractivity contribution < 1.29 is 32.8 Å². The van der Waals surface area contributed by atoms with Crippen LogP contribution in [0, 0.1) is 11.6 Å². The number of rotatable bonds is 7. The summed E-state index contributed by atoms with van der Waals surface area (Å²) in [5, 5.41) is 3.88. The highest BCUT2D eigenvalue weighted by atomic mass is 19.2. The van der Waals surface area contributed by atoms with E-state index in [4.69, 9.17) is 19.2 Å². The Kier molecular flexibility index (Phi) is 6.46. The lowest BCUT2D eigenvalue weighted by atomic mass is 10.0. The average Bonchev–Trinajstić information content (AvgIpc) is 3.56. The maximum Gasteiger partial charge on any atom is 0.362 e. The summed E-state index contributed by atoms with van der Waals surface area (Å²) in [6.45, 7) is 2.50. The van der Waals surface area contributed by atoms with Crippen molar-refractivity contribution in [2.24, 2.45) is 0 Å². The molecule has 0 aliphatic carbocycles. The van der Waals surface area contributed by atoms with Gasteiger partial charge in [0.15, 0.2) is 23.0 Å². The van der Waals surface area contributed by atoms with E-state index in [1.165, 1.54) is 31.6 Å². The highest BCUT2D eigenvalue weighted by molar-refractivity contribution is 5.91. The number of nitrogens with zero attached hydrogens (tertiary/aromatic N) is 4. The van der Waals surface area contributed by atoms with Crippen molar-refractivity contribution in [1.29, 1.82) is 0 Å². The summed E-state index contributed by atoms with van der Waals surface area (Å²) in [5.74, 6) is -2.54. The third-order valence-corrected chi connectivity index (χ3v) is 5.57. The van der Waals surface area contributed by atoms with Crippen LogP contribution in [-0.4, -0.2) is 46.1 Å². The molecule has 1 aliphatic rings. The van der Waals surface area contributed by atoms with Crippen LogP contribution in [-0.2, 0) is 20.9 Å². The Balaban J connectivity index is 1.44. The van der Waals surface area contributed by atoms with Gasteiger partial charge in [0.1, 0.15) is 18.6 Å². The zero-order valence-electron chi connectivity index (χ0n) is 19.3. The first-order valence-corrected chi connectivity index (χ1v) is 11.0. The van der Waals surface area contributed by atoms with Gasteiger partial charge in [-0.25, -0.2) is 28.8 Å². The third kappa shape index (κ3) is 4.33. The van der Waals surface area contributed by atoms with E-state index < -0.39 is 17.6 Å². The molecule has 12 heteroatoms. The number of hydrogen-bond donors (Lipinski definition) is 1. The van der Waals surface area contributed by atoms with Crippen LogP contribution in [0.15, 0.2) is 48.9 Å². The number of aromatic nitrogens is 3. The minimum atomic E-state index is -1.08. The van der Waals surface area contributed by atoms with Gasteiger partial charge in [0.25, 0.3) is 0 Å². The minimum Gasteiger partial charge on any atom is -0.494 e. The average molecular weight is 497 g/mol. The van der Waals surface area contributed by atoms with Gasteiger partial charge in [-0.15, -0.1) is 0 Å². The summed E-state index contributed by atoms with van der Waals surface area (Å²) in [6.07, 6.45) is 5.10. The predicted octanol–water partition coefficient (Wildman–Crippen LogP) is 4.24. The third-order valence-electron chi connectivity index (χ3n) is 5.57. The molecule has 5 rings (SSSR count). The van der Waals surface area contributed by atoms with Crippen molar-refractivity contribution in [3.8, 4) is 17.0 Å². The Hall–Kier alpha value is -4.13. The van der Waals surface area contributed by atoms with Gasteiger partial charge in [-0.3, -0.25) is 4.40 Å². The summed E-state index contributed by atoms with van der Waals surface area (Å²) >= 11 is 0. The fourth-order valence-corrected chi connectivity index (χ4v) is 3.82. The van der Waals surface area contributed by atoms with Crippen molar-refractivity contribution in [2.45, 2.75) is 13.3 Å². The molecule has 1 N–H and O–H groups in total. The topological polar surface area (TPSA) is 99.5 Å². The van der Waals surface area contributed by atoms with Crippen molar-refractivity contribution in [3.63, 3.8) is 0 Å². The van der Waals surface area contributed by atoms with E-state index in [9.17, 15) is 13.6 Å². The number of fused-ring (bicyclic) bond motifs is 1. The fourth-order valence-electron chi connectivity index (χ4n) is 3.82. The number of methoxy groups -OCH3 is 1. The molecular formula is C24H21F2N5O5. The molecule has 3 heterocycles. The van der Waals surface area contributed by atoms with Gasteiger partial charge in [0.2, 0.25) is 5.82 Å². The van der Waals surface area contributed by atoms with E-state index in [1.54, 1.807) is 28.8 Å². The monoisotopic (exact) mass is 497 g/mol. The molecule has 36 heavy (non-hydrogen) atoms. The fraction of sp³-hybridized carbons (Fsp3) is 0.208. The molecule has 2 aromatic carbocycles. The van der Waals surface area contributed by atoms with Crippen molar-refractivity contribution >= 4 is 23.1 Å². The van der Waals surface area contributed by atoms with Gasteiger partial charge in [-0.2, -0.15) is 4.39 Å². The number of nitrogens with one attached hydrogen (secondary N) is 1. The van der Waals surface area contributed by atoms with Crippen LogP contribution >= 0.6 is 0 Å². The Bertz CT molecular complexity index is 1440. The number of benzene rings is 2. The molecule has 10 nitrogen and oxygen atoms in total. The molecule has 0 atom stereocenters. The maximum atomic E-state index is 14.7. The lowest BCUT2D eigenvalue weighted by Gasteiger charge is -2.14. The molecule has 4 aromatic rings. The van der Waals surface area contributed by atoms with Gasteiger partial charge in [0.05, 0.1) is 24.6 Å². The number of anilines is 2. The molecule has 0 unspecified atom stereocenters. The Morgan fingerprint density at radius 3 is 2.69 bits per heavy atom. The van der Waals surface area contributed by atoms with Gasteiger partial charge < -0.3 is 14.9 Å². The van der Waals surface area contributed by atoms with E-state index in [0.29, 0.717) is 53.4 Å². The molecule has 0 bridgehead atoms. The predicted molar refractivity (Wildman–Crippen MR) is 123 cm³/mol. The minimum absolute atomic E-state index is 0.0278. The summed E-state index contributed by atoms with van der Waals surface area (Å²) in [4.78, 5) is 36.3. The maximum absolute atomic E-state index is 14.7. The highest BCUT2D eigenvalue weighted by Gasteiger charge is 2.23. The van der Waals surface area contributed by atoms with E-state index in [1.807, 2.05) is 6.92 Å². The lowest BCUT2D eigenvalue weighted by Crippen LogP contribution is -2.22. The van der Waals surface area contributed by atoms with Crippen LogP contribution in [0.3, 0.4) is 0 Å².